The number of fused-ring (bicyclic) bond motifs is 3. The van der Waals surface area contributed by atoms with Gasteiger partial charge in [-0.2, -0.15) is 0 Å². The molecule has 0 nitrogen and oxygen atoms in total. The number of benzene rings is 2. The maximum absolute atomic E-state index is 2.49. The maximum Gasteiger partial charge on any atom is 0.0133 e. The van der Waals surface area contributed by atoms with Gasteiger partial charge in [0, 0.05) is 5.92 Å². The van der Waals surface area contributed by atoms with E-state index in [2.05, 4.69) is 61.9 Å². The molecule has 0 heteroatoms. The Morgan fingerprint density at radius 3 is 2.00 bits per heavy atom. The van der Waals surface area contributed by atoms with Crippen LogP contribution in [0, 0.1) is 6.42 Å². The molecule has 0 bridgehead atoms. The average molecular weight is 235 g/mol. The quantitative estimate of drug-likeness (QED) is 0.639. The van der Waals surface area contributed by atoms with Gasteiger partial charge >= 0.3 is 0 Å². The highest BCUT2D eigenvalue weighted by molar-refractivity contribution is 5.79. The Hall–Kier alpha value is -1.56. The fraction of sp³-hybridized carbons (Fsp3) is 0.278. The third-order valence-electron chi connectivity index (χ3n) is 3.84. The smallest absolute Gasteiger partial charge is 0.0133 e. The van der Waals surface area contributed by atoms with E-state index in [1.54, 1.807) is 0 Å². The Morgan fingerprint density at radius 1 is 0.889 bits per heavy atom. The van der Waals surface area contributed by atoms with Gasteiger partial charge in [-0.15, -0.1) is 0 Å². The summed E-state index contributed by atoms with van der Waals surface area (Å²) in [5.74, 6) is 0.504. The molecule has 0 atom stereocenters. The molecule has 3 rings (SSSR count). The predicted molar refractivity (Wildman–Crippen MR) is 77.5 cm³/mol. The highest BCUT2D eigenvalue weighted by Crippen LogP contribution is 2.46. The lowest BCUT2D eigenvalue weighted by Gasteiger charge is -2.12. The second-order valence-corrected chi connectivity index (χ2v) is 5.03. The second kappa shape index (κ2) is 4.97. The van der Waals surface area contributed by atoms with Gasteiger partial charge in [0.15, 0.2) is 0 Å². The van der Waals surface area contributed by atoms with Crippen LogP contribution >= 0.6 is 0 Å². The van der Waals surface area contributed by atoms with E-state index >= 15 is 0 Å². The van der Waals surface area contributed by atoms with Gasteiger partial charge in [-0.1, -0.05) is 68.3 Å². The minimum atomic E-state index is 0.504. The Balaban J connectivity index is 1.98. The molecule has 0 amide bonds. The zero-order chi connectivity index (χ0) is 12.4. The molecule has 0 unspecified atom stereocenters. The van der Waals surface area contributed by atoms with E-state index in [-0.39, 0.29) is 0 Å². The normalized spacial score (nSPS) is 13.4. The van der Waals surface area contributed by atoms with Crippen LogP contribution in [0.3, 0.4) is 0 Å². The van der Waals surface area contributed by atoms with Gasteiger partial charge < -0.3 is 0 Å². The number of unbranched alkanes of at least 4 members (excludes halogenated alkanes) is 2. The fourth-order valence-corrected chi connectivity index (χ4v) is 2.94. The van der Waals surface area contributed by atoms with Crippen molar-refractivity contribution in [3.63, 3.8) is 0 Å². The summed E-state index contributed by atoms with van der Waals surface area (Å²) < 4.78 is 0. The standard InChI is InChI=1S/C18H19/c1-2-3-4-9-14-15-10-5-7-12-17(15)18-13-8-6-11-16(14)18/h5-14H,2-4H2,1H3. The summed E-state index contributed by atoms with van der Waals surface area (Å²) in [6, 6.07) is 17.7. The van der Waals surface area contributed by atoms with Gasteiger partial charge in [0.2, 0.25) is 0 Å². The van der Waals surface area contributed by atoms with E-state index < -0.39 is 0 Å². The highest BCUT2D eigenvalue weighted by Gasteiger charge is 2.27. The molecule has 0 fully saturated rings. The summed E-state index contributed by atoms with van der Waals surface area (Å²) in [5.41, 5.74) is 5.81. The zero-order valence-corrected chi connectivity index (χ0v) is 10.9. The highest BCUT2D eigenvalue weighted by atomic mass is 14.3. The lowest BCUT2D eigenvalue weighted by molar-refractivity contribution is 0.742. The molecule has 0 saturated carbocycles. The van der Waals surface area contributed by atoms with Crippen LogP contribution in [0.1, 0.15) is 43.2 Å². The molecule has 2 aromatic carbocycles. The lowest BCUT2D eigenvalue weighted by atomic mass is 9.91. The van der Waals surface area contributed by atoms with E-state index in [0.717, 1.165) is 0 Å². The number of rotatable bonds is 4. The lowest BCUT2D eigenvalue weighted by Crippen LogP contribution is -1.97. The minimum absolute atomic E-state index is 0.504. The molecule has 2 aromatic rings. The molecule has 1 aliphatic carbocycles. The summed E-state index contributed by atoms with van der Waals surface area (Å²) in [7, 11) is 0. The van der Waals surface area contributed by atoms with Gasteiger partial charge in [0.1, 0.15) is 0 Å². The van der Waals surface area contributed by atoms with Crippen molar-refractivity contribution in [3.05, 3.63) is 66.1 Å². The van der Waals surface area contributed by atoms with Gasteiger partial charge in [0.25, 0.3) is 0 Å². The SMILES string of the molecule is CCCC[CH]C1c2ccccc2-c2ccccc21. The van der Waals surface area contributed by atoms with Crippen molar-refractivity contribution in [2.45, 2.75) is 32.1 Å². The van der Waals surface area contributed by atoms with Crippen molar-refractivity contribution in [2.24, 2.45) is 0 Å². The first-order chi connectivity index (χ1) is 8.92. The van der Waals surface area contributed by atoms with Crippen LogP contribution in [0.15, 0.2) is 48.5 Å². The van der Waals surface area contributed by atoms with Crippen molar-refractivity contribution in [1.29, 1.82) is 0 Å². The molecule has 0 N–H and O–H groups in total. The molecule has 1 radical (unpaired) electrons. The Morgan fingerprint density at radius 2 is 1.44 bits per heavy atom. The third kappa shape index (κ3) is 1.86. The second-order valence-electron chi connectivity index (χ2n) is 5.03. The Bertz CT molecular complexity index is 494. The van der Waals surface area contributed by atoms with Crippen LogP contribution in [0.2, 0.25) is 0 Å². The summed E-state index contributed by atoms with van der Waals surface area (Å²) in [4.78, 5) is 0. The first kappa shape index (κ1) is 11.5. The molecule has 0 aliphatic heterocycles. The maximum atomic E-state index is 2.49. The van der Waals surface area contributed by atoms with Crippen molar-refractivity contribution in [1.82, 2.24) is 0 Å². The predicted octanol–water partition coefficient (Wildman–Crippen LogP) is 5.19. The Kier molecular flexibility index (Phi) is 3.19. The number of hydrogen-bond acceptors (Lipinski definition) is 0. The van der Waals surface area contributed by atoms with Crippen LogP contribution in [0.25, 0.3) is 11.1 Å². The van der Waals surface area contributed by atoms with Crippen molar-refractivity contribution < 1.29 is 0 Å². The molecule has 1 aliphatic rings. The van der Waals surface area contributed by atoms with E-state index in [1.807, 2.05) is 0 Å². The Labute approximate surface area is 110 Å². The van der Waals surface area contributed by atoms with E-state index in [4.69, 9.17) is 0 Å². The van der Waals surface area contributed by atoms with Crippen LogP contribution in [-0.4, -0.2) is 0 Å². The largest absolute Gasteiger partial charge is 0.0654 e. The molecule has 18 heavy (non-hydrogen) atoms. The van der Waals surface area contributed by atoms with Crippen LogP contribution < -0.4 is 0 Å². The monoisotopic (exact) mass is 235 g/mol. The minimum Gasteiger partial charge on any atom is -0.0654 e. The molecule has 0 spiro atoms. The summed E-state index contributed by atoms with van der Waals surface area (Å²) in [5, 5.41) is 0. The molecule has 0 saturated heterocycles. The van der Waals surface area contributed by atoms with Crippen molar-refractivity contribution in [3.8, 4) is 11.1 Å². The van der Waals surface area contributed by atoms with Crippen LogP contribution in [0.5, 0.6) is 0 Å². The molecule has 91 valence electrons. The van der Waals surface area contributed by atoms with Gasteiger partial charge in [-0.25, -0.2) is 0 Å². The van der Waals surface area contributed by atoms with Crippen molar-refractivity contribution in [2.75, 3.05) is 0 Å². The zero-order valence-electron chi connectivity index (χ0n) is 10.9. The van der Waals surface area contributed by atoms with Gasteiger partial charge in [0.05, 0.1) is 0 Å². The molecular formula is C18H19. The third-order valence-corrected chi connectivity index (χ3v) is 3.84. The number of hydrogen-bond donors (Lipinski definition) is 0. The van der Waals surface area contributed by atoms with Gasteiger partial charge in [-0.05, 0) is 35.1 Å². The molecular weight excluding hydrogens is 216 g/mol. The van der Waals surface area contributed by atoms with Crippen LogP contribution in [-0.2, 0) is 0 Å². The van der Waals surface area contributed by atoms with Crippen LogP contribution in [0.4, 0.5) is 0 Å². The fourth-order valence-electron chi connectivity index (χ4n) is 2.94. The van der Waals surface area contributed by atoms with E-state index in [0.29, 0.717) is 5.92 Å². The first-order valence-corrected chi connectivity index (χ1v) is 6.93. The summed E-state index contributed by atoms with van der Waals surface area (Å²) in [6.07, 6.45) is 6.27. The summed E-state index contributed by atoms with van der Waals surface area (Å²) in [6.45, 7) is 2.25. The van der Waals surface area contributed by atoms with E-state index in [1.165, 1.54) is 41.5 Å². The first-order valence-electron chi connectivity index (χ1n) is 6.93. The topological polar surface area (TPSA) is 0 Å². The van der Waals surface area contributed by atoms with E-state index in [9.17, 15) is 0 Å². The van der Waals surface area contributed by atoms with Crippen molar-refractivity contribution >= 4 is 0 Å². The molecule has 0 heterocycles. The van der Waals surface area contributed by atoms with Gasteiger partial charge in [-0.3, -0.25) is 0 Å². The average Bonchev–Trinajstić information content (AvgIpc) is 2.74. The molecule has 0 aromatic heterocycles. The summed E-state index contributed by atoms with van der Waals surface area (Å²) >= 11 is 0.